The molecule has 1 saturated heterocycles. The van der Waals surface area contributed by atoms with Crippen molar-refractivity contribution in [3.63, 3.8) is 0 Å². The molecule has 0 radical (unpaired) electrons. The smallest absolute Gasteiger partial charge is 0.242 e. The van der Waals surface area contributed by atoms with E-state index < -0.39 is 0 Å². The molecule has 1 aromatic heterocycles. The van der Waals surface area contributed by atoms with Crippen LogP contribution in [0.5, 0.6) is 0 Å². The SMILES string of the molecule is CCC(=O)N(CC(=O)N(CCc1ccccc1)Cc1ccc(C)o1)C[C@H]1CCCO1. The standard InChI is InChI=1S/C24H32N2O4/c1-3-23(27)26(16-21-10-7-15-29-21)18-24(28)25(17-22-12-11-19(2)30-22)14-13-20-8-5-4-6-9-20/h4-6,8-9,11-12,21H,3,7,10,13-18H2,1-2H3/t21-/m1/s1. The van der Waals surface area contributed by atoms with Crippen LogP contribution in [0.4, 0.5) is 0 Å². The fourth-order valence-corrected chi connectivity index (χ4v) is 3.73. The number of carbonyl (C=O) groups excluding carboxylic acids is 2. The fraction of sp³-hybridized carbons (Fsp3) is 0.500. The van der Waals surface area contributed by atoms with Gasteiger partial charge in [-0.2, -0.15) is 0 Å². The number of carbonyl (C=O) groups is 2. The van der Waals surface area contributed by atoms with Crippen molar-refractivity contribution in [3.05, 3.63) is 59.5 Å². The van der Waals surface area contributed by atoms with Gasteiger partial charge in [-0.05, 0) is 43.9 Å². The minimum Gasteiger partial charge on any atom is -0.464 e. The zero-order chi connectivity index (χ0) is 21.3. The van der Waals surface area contributed by atoms with Gasteiger partial charge in [-0.3, -0.25) is 9.59 Å². The summed E-state index contributed by atoms with van der Waals surface area (Å²) in [5.74, 6) is 1.48. The van der Waals surface area contributed by atoms with Gasteiger partial charge in [0.05, 0.1) is 19.2 Å². The number of benzene rings is 1. The van der Waals surface area contributed by atoms with E-state index in [-0.39, 0.29) is 24.5 Å². The van der Waals surface area contributed by atoms with Gasteiger partial charge in [0, 0.05) is 26.1 Å². The van der Waals surface area contributed by atoms with Crippen LogP contribution in [-0.4, -0.2) is 54.0 Å². The first-order valence-electron chi connectivity index (χ1n) is 10.8. The Morgan fingerprint density at radius 2 is 1.87 bits per heavy atom. The number of nitrogens with zero attached hydrogens (tertiary/aromatic N) is 2. The van der Waals surface area contributed by atoms with Gasteiger partial charge in [0.1, 0.15) is 11.5 Å². The van der Waals surface area contributed by atoms with E-state index in [0.29, 0.717) is 26.1 Å². The quantitative estimate of drug-likeness (QED) is 0.598. The monoisotopic (exact) mass is 412 g/mol. The van der Waals surface area contributed by atoms with Crippen LogP contribution in [0, 0.1) is 6.92 Å². The van der Waals surface area contributed by atoms with Crippen LogP contribution < -0.4 is 0 Å². The minimum absolute atomic E-state index is 0.0179. The summed E-state index contributed by atoms with van der Waals surface area (Å²) >= 11 is 0. The molecule has 0 spiro atoms. The first kappa shape index (κ1) is 22.1. The molecule has 1 fully saturated rings. The normalized spacial score (nSPS) is 15.9. The van der Waals surface area contributed by atoms with Gasteiger partial charge in [0.25, 0.3) is 0 Å². The van der Waals surface area contributed by atoms with E-state index in [1.165, 1.54) is 5.56 Å². The number of furan rings is 1. The number of hydrogen-bond donors (Lipinski definition) is 0. The van der Waals surface area contributed by atoms with Gasteiger partial charge in [-0.1, -0.05) is 37.3 Å². The Hall–Kier alpha value is -2.60. The van der Waals surface area contributed by atoms with E-state index in [1.807, 2.05) is 44.2 Å². The molecule has 0 N–H and O–H groups in total. The molecule has 2 amide bonds. The highest BCUT2D eigenvalue weighted by Crippen LogP contribution is 2.15. The summed E-state index contributed by atoms with van der Waals surface area (Å²) in [6, 6.07) is 13.9. The molecule has 0 bridgehead atoms. The third-order valence-corrected chi connectivity index (χ3v) is 5.44. The summed E-state index contributed by atoms with van der Waals surface area (Å²) in [6.45, 7) is 5.96. The molecular weight excluding hydrogens is 380 g/mol. The molecule has 0 saturated carbocycles. The molecule has 6 heteroatoms. The summed E-state index contributed by atoms with van der Waals surface area (Å²) in [6.07, 6.45) is 3.10. The molecule has 1 aliphatic rings. The topological polar surface area (TPSA) is 63.0 Å². The van der Waals surface area contributed by atoms with Crippen molar-refractivity contribution in [2.24, 2.45) is 0 Å². The van der Waals surface area contributed by atoms with Gasteiger partial charge < -0.3 is 19.0 Å². The van der Waals surface area contributed by atoms with Crippen molar-refractivity contribution < 1.29 is 18.7 Å². The number of ether oxygens (including phenoxy) is 1. The van der Waals surface area contributed by atoms with E-state index in [2.05, 4.69) is 12.1 Å². The minimum atomic E-state index is -0.0696. The highest BCUT2D eigenvalue weighted by molar-refractivity contribution is 5.84. The maximum Gasteiger partial charge on any atom is 0.242 e. The lowest BCUT2D eigenvalue weighted by molar-refractivity contribution is -0.142. The molecule has 1 atom stereocenters. The maximum atomic E-state index is 13.2. The average molecular weight is 413 g/mol. The molecule has 2 heterocycles. The summed E-state index contributed by atoms with van der Waals surface area (Å²) in [5, 5.41) is 0. The highest BCUT2D eigenvalue weighted by atomic mass is 16.5. The first-order chi connectivity index (χ1) is 14.5. The van der Waals surface area contributed by atoms with Gasteiger partial charge in [-0.15, -0.1) is 0 Å². The van der Waals surface area contributed by atoms with Crippen LogP contribution in [0.25, 0.3) is 0 Å². The van der Waals surface area contributed by atoms with Crippen LogP contribution >= 0.6 is 0 Å². The van der Waals surface area contributed by atoms with E-state index in [4.69, 9.17) is 9.15 Å². The van der Waals surface area contributed by atoms with Crippen molar-refractivity contribution >= 4 is 11.8 Å². The zero-order valence-corrected chi connectivity index (χ0v) is 18.0. The Labute approximate surface area is 178 Å². The molecule has 162 valence electrons. The average Bonchev–Trinajstić information content (AvgIpc) is 3.42. The molecule has 6 nitrogen and oxygen atoms in total. The van der Waals surface area contributed by atoms with E-state index in [0.717, 1.165) is 37.4 Å². The molecule has 2 aromatic rings. The Kier molecular flexibility index (Phi) is 8.08. The maximum absolute atomic E-state index is 13.2. The summed E-state index contributed by atoms with van der Waals surface area (Å²) in [7, 11) is 0. The third kappa shape index (κ3) is 6.46. The number of rotatable bonds is 10. The van der Waals surface area contributed by atoms with Crippen molar-refractivity contribution in [1.82, 2.24) is 9.80 Å². The van der Waals surface area contributed by atoms with Crippen molar-refractivity contribution in [3.8, 4) is 0 Å². The van der Waals surface area contributed by atoms with Crippen LogP contribution in [-0.2, 0) is 27.3 Å². The first-order valence-corrected chi connectivity index (χ1v) is 10.8. The second-order valence-corrected chi connectivity index (χ2v) is 7.83. The second kappa shape index (κ2) is 11.0. The van der Waals surface area contributed by atoms with E-state index >= 15 is 0 Å². The molecule has 3 rings (SSSR count). The molecular formula is C24H32N2O4. The lowest BCUT2D eigenvalue weighted by atomic mass is 10.1. The second-order valence-electron chi connectivity index (χ2n) is 7.83. The number of hydrogen-bond acceptors (Lipinski definition) is 4. The summed E-state index contributed by atoms with van der Waals surface area (Å²) in [5.41, 5.74) is 1.17. The fourth-order valence-electron chi connectivity index (χ4n) is 3.73. The molecule has 0 aliphatic carbocycles. The Morgan fingerprint density at radius 3 is 2.50 bits per heavy atom. The highest BCUT2D eigenvalue weighted by Gasteiger charge is 2.26. The van der Waals surface area contributed by atoms with Crippen molar-refractivity contribution in [1.29, 1.82) is 0 Å². The van der Waals surface area contributed by atoms with Gasteiger partial charge in [0.2, 0.25) is 11.8 Å². The van der Waals surface area contributed by atoms with Gasteiger partial charge in [-0.25, -0.2) is 0 Å². The Bertz CT molecular complexity index is 812. The predicted molar refractivity (Wildman–Crippen MR) is 115 cm³/mol. The van der Waals surface area contributed by atoms with Crippen LogP contribution in [0.3, 0.4) is 0 Å². The van der Waals surface area contributed by atoms with Crippen LogP contribution in [0.2, 0.25) is 0 Å². The van der Waals surface area contributed by atoms with Gasteiger partial charge in [0.15, 0.2) is 0 Å². The molecule has 1 aromatic carbocycles. The largest absolute Gasteiger partial charge is 0.464 e. The van der Waals surface area contributed by atoms with Crippen molar-refractivity contribution in [2.45, 2.75) is 52.2 Å². The van der Waals surface area contributed by atoms with Crippen LogP contribution in [0.1, 0.15) is 43.3 Å². The molecule has 30 heavy (non-hydrogen) atoms. The summed E-state index contributed by atoms with van der Waals surface area (Å²) < 4.78 is 11.4. The Balaban J connectivity index is 1.68. The van der Waals surface area contributed by atoms with Crippen LogP contribution in [0.15, 0.2) is 46.9 Å². The molecule has 1 aliphatic heterocycles. The third-order valence-electron chi connectivity index (χ3n) is 5.44. The number of aryl methyl sites for hydroxylation is 1. The number of amides is 2. The van der Waals surface area contributed by atoms with Gasteiger partial charge >= 0.3 is 0 Å². The van der Waals surface area contributed by atoms with E-state index in [9.17, 15) is 9.59 Å². The summed E-state index contributed by atoms with van der Waals surface area (Å²) in [4.78, 5) is 29.2. The predicted octanol–water partition coefficient (Wildman–Crippen LogP) is 3.58. The lowest BCUT2D eigenvalue weighted by Gasteiger charge is -2.28. The zero-order valence-electron chi connectivity index (χ0n) is 18.0. The van der Waals surface area contributed by atoms with Crippen molar-refractivity contribution in [2.75, 3.05) is 26.2 Å². The lowest BCUT2D eigenvalue weighted by Crippen LogP contribution is -2.45. The Morgan fingerprint density at radius 1 is 1.07 bits per heavy atom. The van der Waals surface area contributed by atoms with E-state index in [1.54, 1.807) is 9.80 Å². The molecule has 0 unspecified atom stereocenters.